The molecule has 1 aliphatic rings. The number of hydrogen-bond acceptors (Lipinski definition) is 6. The molecule has 1 fully saturated rings. The number of aldehydes is 1. The molecule has 2 atom stereocenters. The minimum absolute atomic E-state index is 0.392. The molecule has 5 nitrogen and oxygen atoms in total. The number of hydrogen-bond donors (Lipinski definition) is 0. The van der Waals surface area contributed by atoms with E-state index < -0.39 is 0 Å². The Morgan fingerprint density at radius 3 is 2.58 bits per heavy atom. The molecule has 19 heavy (non-hydrogen) atoms. The second kappa shape index (κ2) is 5.98. The van der Waals surface area contributed by atoms with E-state index >= 15 is 0 Å². The number of ether oxygens (including phenoxy) is 1. The van der Waals surface area contributed by atoms with E-state index in [2.05, 4.69) is 35.7 Å². The van der Waals surface area contributed by atoms with Gasteiger partial charge in [-0.25, -0.2) is 4.98 Å². The third-order valence-electron chi connectivity index (χ3n) is 3.73. The minimum Gasteiger partial charge on any atom is -0.378 e. The van der Waals surface area contributed by atoms with Gasteiger partial charge >= 0.3 is 0 Å². The molecule has 1 aliphatic heterocycles. The third-order valence-corrected chi connectivity index (χ3v) is 4.82. The van der Waals surface area contributed by atoms with Gasteiger partial charge in [0, 0.05) is 32.3 Å². The summed E-state index contributed by atoms with van der Waals surface area (Å²) in [6, 6.07) is 0.969. The molecule has 0 saturated carbocycles. The van der Waals surface area contributed by atoms with Crippen LogP contribution in [0.25, 0.3) is 0 Å². The molecule has 2 unspecified atom stereocenters. The summed E-state index contributed by atoms with van der Waals surface area (Å²) in [5.74, 6) is 0. The highest BCUT2D eigenvalue weighted by atomic mass is 32.1. The lowest BCUT2D eigenvalue weighted by Gasteiger charge is -2.42. The Morgan fingerprint density at radius 1 is 1.42 bits per heavy atom. The largest absolute Gasteiger partial charge is 0.378 e. The molecule has 0 aromatic carbocycles. The topological polar surface area (TPSA) is 45.7 Å². The highest BCUT2D eigenvalue weighted by Gasteiger charge is 2.28. The highest BCUT2D eigenvalue weighted by Crippen LogP contribution is 2.28. The Hall–Kier alpha value is -0.980. The lowest BCUT2D eigenvalue weighted by atomic mass is 10.1. The van der Waals surface area contributed by atoms with Gasteiger partial charge in [-0.15, -0.1) is 0 Å². The molecule has 106 valence electrons. The summed E-state index contributed by atoms with van der Waals surface area (Å²) >= 11 is 1.46. The van der Waals surface area contributed by atoms with Crippen LogP contribution in [0, 0.1) is 0 Å². The summed E-state index contributed by atoms with van der Waals surface area (Å²) in [5.41, 5.74) is 0.747. The van der Waals surface area contributed by atoms with Crippen molar-refractivity contribution in [2.75, 3.05) is 32.1 Å². The lowest BCUT2D eigenvalue weighted by Crippen LogP contribution is -2.55. The number of aromatic nitrogens is 1. The highest BCUT2D eigenvalue weighted by molar-refractivity contribution is 7.17. The van der Waals surface area contributed by atoms with Gasteiger partial charge in [-0.2, -0.15) is 0 Å². The van der Waals surface area contributed by atoms with Crippen LogP contribution in [0.2, 0.25) is 0 Å². The van der Waals surface area contributed by atoms with Crippen molar-refractivity contribution in [1.82, 2.24) is 9.88 Å². The molecule has 0 aliphatic carbocycles. The first-order valence-electron chi connectivity index (χ1n) is 6.47. The van der Waals surface area contributed by atoms with Crippen molar-refractivity contribution in [2.45, 2.75) is 32.5 Å². The van der Waals surface area contributed by atoms with Crippen LogP contribution < -0.4 is 4.90 Å². The Labute approximate surface area is 118 Å². The van der Waals surface area contributed by atoms with E-state index in [1.165, 1.54) is 11.3 Å². The Kier molecular flexibility index (Phi) is 4.54. The normalized spacial score (nSPS) is 24.7. The van der Waals surface area contributed by atoms with Gasteiger partial charge in [0.25, 0.3) is 0 Å². The molecule has 0 amide bonds. The standard InChI is InChI=1S/C13H21N3O2S/c1-9-5-16(6-10(2)15(9)3)13-14-11(8-18-4)12(7-17)19-13/h7,9-10H,5-6,8H2,1-4H3. The van der Waals surface area contributed by atoms with Crippen molar-refractivity contribution in [3.8, 4) is 0 Å². The van der Waals surface area contributed by atoms with Crippen molar-refractivity contribution < 1.29 is 9.53 Å². The molecular formula is C13H21N3O2S. The van der Waals surface area contributed by atoms with Gasteiger partial charge in [-0.1, -0.05) is 11.3 Å². The molecule has 0 spiro atoms. The van der Waals surface area contributed by atoms with Gasteiger partial charge in [-0.05, 0) is 20.9 Å². The van der Waals surface area contributed by atoms with E-state index in [9.17, 15) is 4.79 Å². The van der Waals surface area contributed by atoms with E-state index in [4.69, 9.17) is 4.74 Å². The Bertz CT molecular complexity index is 437. The average molecular weight is 283 g/mol. The zero-order valence-corrected chi connectivity index (χ0v) is 12.7. The molecule has 0 bridgehead atoms. The summed E-state index contributed by atoms with van der Waals surface area (Å²) in [4.78, 5) is 20.9. The maximum atomic E-state index is 11.1. The van der Waals surface area contributed by atoms with E-state index in [-0.39, 0.29) is 0 Å². The minimum atomic E-state index is 0.392. The van der Waals surface area contributed by atoms with Gasteiger partial charge in [-0.3, -0.25) is 9.69 Å². The third kappa shape index (κ3) is 2.96. The SMILES string of the molecule is COCc1nc(N2CC(C)N(C)C(C)C2)sc1C=O. The number of methoxy groups -OCH3 is 1. The fraction of sp³-hybridized carbons (Fsp3) is 0.692. The molecule has 6 heteroatoms. The van der Waals surface area contributed by atoms with E-state index in [1.54, 1.807) is 7.11 Å². The van der Waals surface area contributed by atoms with E-state index in [1.807, 2.05) is 0 Å². The van der Waals surface area contributed by atoms with Crippen molar-refractivity contribution in [3.05, 3.63) is 10.6 Å². The zero-order chi connectivity index (χ0) is 14.0. The number of thiazole rings is 1. The fourth-order valence-electron chi connectivity index (χ4n) is 2.38. The molecule has 2 rings (SSSR count). The lowest BCUT2D eigenvalue weighted by molar-refractivity contribution is 0.112. The summed E-state index contributed by atoms with van der Waals surface area (Å²) < 4.78 is 5.09. The summed E-state index contributed by atoms with van der Waals surface area (Å²) in [6.07, 6.45) is 0.873. The van der Waals surface area contributed by atoms with Crippen molar-refractivity contribution >= 4 is 22.8 Å². The van der Waals surface area contributed by atoms with Gasteiger partial charge < -0.3 is 9.64 Å². The maximum absolute atomic E-state index is 11.1. The van der Waals surface area contributed by atoms with Gasteiger partial charge in [0.2, 0.25) is 0 Å². The molecule has 0 radical (unpaired) electrons. The first kappa shape index (κ1) is 14.4. The Balaban J connectivity index is 2.20. The first-order valence-corrected chi connectivity index (χ1v) is 7.29. The molecule has 0 N–H and O–H groups in total. The van der Waals surface area contributed by atoms with Crippen molar-refractivity contribution in [2.24, 2.45) is 0 Å². The fourth-order valence-corrected chi connectivity index (χ4v) is 3.28. The molecule has 2 heterocycles. The smallest absolute Gasteiger partial charge is 0.186 e. The summed E-state index contributed by atoms with van der Waals surface area (Å²) in [7, 11) is 3.77. The van der Waals surface area contributed by atoms with Crippen LogP contribution in [0.15, 0.2) is 0 Å². The number of nitrogens with zero attached hydrogens (tertiary/aromatic N) is 3. The average Bonchev–Trinajstić information content (AvgIpc) is 2.79. The number of likely N-dealkylation sites (N-methyl/N-ethyl adjacent to an activating group) is 1. The second-order valence-corrected chi connectivity index (χ2v) is 6.14. The predicted molar refractivity (Wildman–Crippen MR) is 77.1 cm³/mol. The number of rotatable bonds is 4. The first-order chi connectivity index (χ1) is 9.06. The van der Waals surface area contributed by atoms with Gasteiger partial charge in [0.15, 0.2) is 11.4 Å². The van der Waals surface area contributed by atoms with Crippen LogP contribution in [0.1, 0.15) is 29.2 Å². The van der Waals surface area contributed by atoms with Crippen LogP contribution in [-0.4, -0.2) is 55.5 Å². The summed E-state index contributed by atoms with van der Waals surface area (Å²) in [5, 5.41) is 0.931. The van der Waals surface area contributed by atoms with Crippen LogP contribution in [0.5, 0.6) is 0 Å². The van der Waals surface area contributed by atoms with Gasteiger partial charge in [0.1, 0.15) is 0 Å². The van der Waals surface area contributed by atoms with Crippen LogP contribution >= 0.6 is 11.3 Å². The maximum Gasteiger partial charge on any atom is 0.186 e. The van der Waals surface area contributed by atoms with Crippen LogP contribution in [0.3, 0.4) is 0 Å². The number of carbonyl (C=O) groups is 1. The number of anilines is 1. The zero-order valence-electron chi connectivity index (χ0n) is 11.9. The van der Waals surface area contributed by atoms with E-state index in [0.717, 1.165) is 30.2 Å². The molecular weight excluding hydrogens is 262 g/mol. The number of piperazine rings is 1. The monoisotopic (exact) mass is 283 g/mol. The predicted octanol–water partition coefficient (Wildman–Crippen LogP) is 1.63. The molecule has 1 saturated heterocycles. The van der Waals surface area contributed by atoms with E-state index in [0.29, 0.717) is 23.6 Å². The molecule has 1 aromatic heterocycles. The Morgan fingerprint density at radius 2 is 2.05 bits per heavy atom. The van der Waals surface area contributed by atoms with Gasteiger partial charge in [0.05, 0.1) is 17.2 Å². The summed E-state index contributed by atoms with van der Waals surface area (Å²) in [6.45, 7) is 6.71. The number of carbonyl (C=O) groups excluding carboxylic acids is 1. The van der Waals surface area contributed by atoms with Crippen LogP contribution in [-0.2, 0) is 11.3 Å². The van der Waals surface area contributed by atoms with Crippen molar-refractivity contribution in [3.63, 3.8) is 0 Å². The van der Waals surface area contributed by atoms with Crippen molar-refractivity contribution in [1.29, 1.82) is 0 Å². The molecule has 1 aromatic rings. The second-order valence-electron chi connectivity index (χ2n) is 5.13. The van der Waals surface area contributed by atoms with Crippen LogP contribution in [0.4, 0.5) is 5.13 Å². The quantitative estimate of drug-likeness (QED) is 0.786.